The zero-order valence-electron chi connectivity index (χ0n) is 17.3. The van der Waals surface area contributed by atoms with Gasteiger partial charge in [-0.25, -0.2) is 13.4 Å². The highest BCUT2D eigenvalue weighted by Gasteiger charge is 2.23. The molecule has 1 heterocycles. The molecule has 2 aromatic carbocycles. The second-order valence-electron chi connectivity index (χ2n) is 6.58. The number of aromatic nitrogens is 1. The van der Waals surface area contributed by atoms with Crippen LogP contribution in [-0.2, 0) is 14.8 Å². The van der Waals surface area contributed by atoms with E-state index in [2.05, 4.69) is 10.3 Å². The summed E-state index contributed by atoms with van der Waals surface area (Å²) in [6.45, 7) is -0.431. The fraction of sp³-hybridized carbons (Fsp3) is 0.136. The first kappa shape index (κ1) is 22.7. The van der Waals surface area contributed by atoms with Crippen LogP contribution in [0.3, 0.4) is 0 Å². The third-order valence-electron chi connectivity index (χ3n) is 4.38. The topological polar surface area (TPSA) is 122 Å². The third kappa shape index (κ3) is 5.40. The molecule has 1 N–H and O–H groups in total. The Morgan fingerprint density at radius 3 is 2.38 bits per heavy atom. The van der Waals surface area contributed by atoms with E-state index in [1.807, 2.05) is 6.07 Å². The molecular formula is C22H20N4O5S. The van der Waals surface area contributed by atoms with Gasteiger partial charge in [-0.3, -0.25) is 4.79 Å². The van der Waals surface area contributed by atoms with Gasteiger partial charge in [-0.05, 0) is 60.7 Å². The highest BCUT2D eigenvalue weighted by molar-refractivity contribution is 7.89. The predicted molar refractivity (Wildman–Crippen MR) is 117 cm³/mol. The molecule has 32 heavy (non-hydrogen) atoms. The fourth-order valence-electron chi connectivity index (χ4n) is 2.68. The SMILES string of the molecule is COc1ccc(Oc2ncccc2NC(=O)CN(C)S(=O)(=O)c2ccc(C#N)cc2)cc1. The quantitative estimate of drug-likeness (QED) is 0.557. The minimum Gasteiger partial charge on any atom is -0.497 e. The number of nitrogens with one attached hydrogen (secondary N) is 1. The summed E-state index contributed by atoms with van der Waals surface area (Å²) in [5.74, 6) is 0.736. The van der Waals surface area contributed by atoms with Gasteiger partial charge in [0.1, 0.15) is 17.2 Å². The number of anilines is 1. The Labute approximate surface area is 185 Å². The van der Waals surface area contributed by atoms with E-state index in [1.54, 1.807) is 43.5 Å². The van der Waals surface area contributed by atoms with Crippen molar-refractivity contribution in [2.45, 2.75) is 4.90 Å². The lowest BCUT2D eigenvalue weighted by atomic mass is 10.2. The molecular weight excluding hydrogens is 432 g/mol. The molecule has 0 saturated carbocycles. The van der Waals surface area contributed by atoms with Crippen molar-refractivity contribution in [3.63, 3.8) is 0 Å². The van der Waals surface area contributed by atoms with Crippen molar-refractivity contribution in [1.29, 1.82) is 5.26 Å². The summed E-state index contributed by atoms with van der Waals surface area (Å²) in [6.07, 6.45) is 1.51. The molecule has 0 aliphatic heterocycles. The molecule has 10 heteroatoms. The largest absolute Gasteiger partial charge is 0.497 e. The van der Waals surface area contributed by atoms with Crippen molar-refractivity contribution in [2.24, 2.45) is 0 Å². The zero-order valence-corrected chi connectivity index (χ0v) is 18.2. The number of sulfonamides is 1. The number of likely N-dealkylation sites (N-methyl/N-ethyl adjacent to an activating group) is 1. The fourth-order valence-corrected chi connectivity index (χ4v) is 3.81. The van der Waals surface area contributed by atoms with Gasteiger partial charge in [-0.2, -0.15) is 9.57 Å². The van der Waals surface area contributed by atoms with Crippen LogP contribution in [0, 0.1) is 11.3 Å². The minimum atomic E-state index is -3.91. The summed E-state index contributed by atoms with van der Waals surface area (Å²) < 4.78 is 37.2. The van der Waals surface area contributed by atoms with Gasteiger partial charge in [-0.1, -0.05) is 0 Å². The van der Waals surface area contributed by atoms with Gasteiger partial charge in [0, 0.05) is 13.2 Å². The summed E-state index contributed by atoms with van der Waals surface area (Å²) in [5, 5.41) is 11.5. The van der Waals surface area contributed by atoms with Crippen LogP contribution in [0.25, 0.3) is 0 Å². The number of amides is 1. The molecule has 0 spiro atoms. The van der Waals surface area contributed by atoms with Gasteiger partial charge in [0.2, 0.25) is 21.8 Å². The number of hydrogen-bond donors (Lipinski definition) is 1. The smallest absolute Gasteiger partial charge is 0.243 e. The number of hydrogen-bond acceptors (Lipinski definition) is 7. The average Bonchev–Trinajstić information content (AvgIpc) is 2.80. The van der Waals surface area contributed by atoms with E-state index in [0.717, 1.165) is 4.31 Å². The first-order valence-electron chi connectivity index (χ1n) is 9.37. The number of pyridine rings is 1. The molecule has 0 radical (unpaired) electrons. The highest BCUT2D eigenvalue weighted by Crippen LogP contribution is 2.28. The third-order valence-corrected chi connectivity index (χ3v) is 6.19. The van der Waals surface area contributed by atoms with Crippen LogP contribution in [0.4, 0.5) is 5.69 Å². The van der Waals surface area contributed by atoms with Crippen molar-refractivity contribution >= 4 is 21.6 Å². The standard InChI is InChI=1S/C22H20N4O5S/c1-26(32(28,29)19-11-5-16(14-23)6-12-19)15-21(27)25-20-4-3-13-24-22(20)31-18-9-7-17(30-2)8-10-18/h3-13H,15H2,1-2H3,(H,25,27). The second kappa shape index (κ2) is 9.91. The highest BCUT2D eigenvalue weighted by atomic mass is 32.2. The van der Waals surface area contributed by atoms with Crippen LogP contribution < -0.4 is 14.8 Å². The van der Waals surface area contributed by atoms with Crippen LogP contribution >= 0.6 is 0 Å². The molecule has 0 aliphatic rings. The van der Waals surface area contributed by atoms with E-state index in [1.165, 1.54) is 37.5 Å². The Balaban J connectivity index is 1.69. The maximum absolute atomic E-state index is 12.7. The van der Waals surface area contributed by atoms with Gasteiger partial charge in [0.15, 0.2) is 0 Å². The Hall–Kier alpha value is -3.94. The Morgan fingerprint density at radius 1 is 1.09 bits per heavy atom. The molecule has 3 aromatic rings. The Kier molecular flexibility index (Phi) is 7.04. The molecule has 0 saturated heterocycles. The van der Waals surface area contributed by atoms with Crippen molar-refractivity contribution in [3.05, 3.63) is 72.4 Å². The molecule has 0 atom stereocenters. The predicted octanol–water partition coefficient (Wildman–Crippen LogP) is 3.01. The maximum Gasteiger partial charge on any atom is 0.243 e. The first-order chi connectivity index (χ1) is 15.3. The van der Waals surface area contributed by atoms with E-state index >= 15 is 0 Å². The molecule has 0 bridgehead atoms. The monoisotopic (exact) mass is 452 g/mol. The number of ether oxygens (including phenoxy) is 2. The van der Waals surface area contributed by atoms with Gasteiger partial charge < -0.3 is 14.8 Å². The molecule has 0 fully saturated rings. The van der Waals surface area contributed by atoms with Crippen molar-refractivity contribution in [2.75, 3.05) is 26.0 Å². The molecule has 1 amide bonds. The minimum absolute atomic E-state index is 0.0169. The molecule has 0 aliphatic carbocycles. The maximum atomic E-state index is 12.7. The summed E-state index contributed by atoms with van der Waals surface area (Å²) in [5.41, 5.74) is 0.628. The lowest BCUT2D eigenvalue weighted by Crippen LogP contribution is -2.35. The molecule has 1 aromatic heterocycles. The summed E-state index contributed by atoms with van der Waals surface area (Å²) in [6, 6.07) is 17.4. The van der Waals surface area contributed by atoms with E-state index in [4.69, 9.17) is 14.7 Å². The van der Waals surface area contributed by atoms with E-state index < -0.39 is 22.5 Å². The number of carbonyl (C=O) groups is 1. The Bertz CT molecular complexity index is 1240. The van der Waals surface area contributed by atoms with Crippen LogP contribution in [0.15, 0.2) is 71.8 Å². The summed E-state index contributed by atoms with van der Waals surface area (Å²) in [4.78, 5) is 16.6. The number of benzene rings is 2. The number of nitrogens with zero attached hydrogens (tertiary/aromatic N) is 3. The van der Waals surface area contributed by atoms with Crippen LogP contribution in [0.1, 0.15) is 5.56 Å². The van der Waals surface area contributed by atoms with Crippen LogP contribution in [0.5, 0.6) is 17.4 Å². The number of rotatable bonds is 8. The normalized spacial score (nSPS) is 10.9. The van der Waals surface area contributed by atoms with Crippen LogP contribution in [-0.4, -0.2) is 44.3 Å². The summed E-state index contributed by atoms with van der Waals surface area (Å²) in [7, 11) is -1.06. The van der Waals surface area contributed by atoms with Crippen molar-refractivity contribution in [3.8, 4) is 23.4 Å². The van der Waals surface area contributed by atoms with Gasteiger partial charge in [0.25, 0.3) is 0 Å². The number of methoxy groups -OCH3 is 1. The number of carbonyl (C=O) groups excluding carboxylic acids is 1. The summed E-state index contributed by atoms with van der Waals surface area (Å²) >= 11 is 0. The van der Waals surface area contributed by atoms with Crippen molar-refractivity contribution < 1.29 is 22.7 Å². The lowest BCUT2D eigenvalue weighted by Gasteiger charge is -2.17. The van der Waals surface area contributed by atoms with E-state index in [9.17, 15) is 13.2 Å². The number of nitriles is 1. The van der Waals surface area contributed by atoms with E-state index in [0.29, 0.717) is 17.1 Å². The first-order valence-corrected chi connectivity index (χ1v) is 10.8. The van der Waals surface area contributed by atoms with Crippen LogP contribution in [0.2, 0.25) is 0 Å². The lowest BCUT2D eigenvalue weighted by molar-refractivity contribution is -0.116. The molecule has 164 valence electrons. The van der Waals surface area contributed by atoms with Gasteiger partial charge in [0.05, 0.1) is 30.2 Å². The average molecular weight is 452 g/mol. The van der Waals surface area contributed by atoms with Crippen molar-refractivity contribution in [1.82, 2.24) is 9.29 Å². The zero-order chi connectivity index (χ0) is 23.1. The molecule has 3 rings (SSSR count). The molecule has 0 unspecified atom stereocenters. The van der Waals surface area contributed by atoms with Gasteiger partial charge >= 0.3 is 0 Å². The van der Waals surface area contributed by atoms with E-state index in [-0.39, 0.29) is 16.5 Å². The Morgan fingerprint density at radius 2 is 1.75 bits per heavy atom. The second-order valence-corrected chi connectivity index (χ2v) is 8.62. The molecule has 9 nitrogen and oxygen atoms in total. The van der Waals surface area contributed by atoms with Gasteiger partial charge in [-0.15, -0.1) is 0 Å².